The van der Waals surface area contributed by atoms with Crippen molar-refractivity contribution in [2.24, 2.45) is 0 Å². The van der Waals surface area contributed by atoms with Gasteiger partial charge in [-0.25, -0.2) is 0 Å². The van der Waals surface area contributed by atoms with E-state index in [0.29, 0.717) is 0 Å². The highest BCUT2D eigenvalue weighted by Crippen LogP contribution is 2.53. The van der Waals surface area contributed by atoms with Gasteiger partial charge in [0.25, 0.3) is 0 Å². The van der Waals surface area contributed by atoms with E-state index in [1.807, 2.05) is 0 Å². The van der Waals surface area contributed by atoms with Gasteiger partial charge in [0.05, 0.1) is 5.69 Å². The third-order valence-corrected chi connectivity index (χ3v) is 13.2. The van der Waals surface area contributed by atoms with E-state index in [-0.39, 0.29) is 5.41 Å². The highest BCUT2D eigenvalue weighted by Gasteiger charge is 2.36. The fourth-order valence-electron chi connectivity index (χ4n) is 10.3. The SMILES string of the molecule is CC1(C)c2cc(-c3cc4ccccc4c4ccccc34)ccc2-c2ccc(N(c3ccc4c5ccccc5c5ccccc5c4c3)c3ccccc3-c3ccccc3)cc21. The number of benzene rings is 11. The van der Waals surface area contributed by atoms with Gasteiger partial charge in [-0.3, -0.25) is 0 Å². The van der Waals surface area contributed by atoms with Crippen molar-refractivity contribution >= 4 is 70.9 Å². The molecule has 0 saturated carbocycles. The first kappa shape index (κ1) is 34.6. The van der Waals surface area contributed by atoms with Crippen molar-refractivity contribution in [3.8, 4) is 33.4 Å². The molecule has 0 heterocycles. The van der Waals surface area contributed by atoms with E-state index in [4.69, 9.17) is 0 Å². The molecule has 282 valence electrons. The van der Waals surface area contributed by atoms with Crippen LogP contribution in [0, 0.1) is 0 Å². The Hall–Kier alpha value is -7.48. The summed E-state index contributed by atoms with van der Waals surface area (Å²) >= 11 is 0. The molecule has 1 aliphatic rings. The molecule has 0 saturated heterocycles. The largest absolute Gasteiger partial charge is 0.310 e. The molecule has 1 heteroatoms. The first-order valence-corrected chi connectivity index (χ1v) is 21.0. The van der Waals surface area contributed by atoms with Crippen LogP contribution in [0.1, 0.15) is 25.0 Å². The summed E-state index contributed by atoms with van der Waals surface area (Å²) in [5.74, 6) is 0. The van der Waals surface area contributed by atoms with Gasteiger partial charge in [-0.15, -0.1) is 0 Å². The molecule has 0 bridgehead atoms. The van der Waals surface area contributed by atoms with Crippen molar-refractivity contribution in [2.75, 3.05) is 4.90 Å². The Kier molecular flexibility index (Phi) is 7.65. The Morgan fingerprint density at radius 3 is 1.52 bits per heavy atom. The molecule has 0 N–H and O–H groups in total. The van der Waals surface area contributed by atoms with Crippen LogP contribution in [0.4, 0.5) is 17.1 Å². The Morgan fingerprint density at radius 2 is 0.800 bits per heavy atom. The molecular formula is C59H41N. The molecule has 0 fully saturated rings. The quantitative estimate of drug-likeness (QED) is 0.158. The van der Waals surface area contributed by atoms with Gasteiger partial charge < -0.3 is 4.90 Å². The van der Waals surface area contributed by atoms with Crippen LogP contribution in [0.3, 0.4) is 0 Å². The van der Waals surface area contributed by atoms with Crippen LogP contribution >= 0.6 is 0 Å². The average Bonchev–Trinajstić information content (AvgIpc) is 3.54. The number of fused-ring (bicyclic) bond motifs is 12. The molecule has 12 rings (SSSR count). The lowest BCUT2D eigenvalue weighted by Crippen LogP contribution is -2.17. The van der Waals surface area contributed by atoms with Gasteiger partial charge in [-0.1, -0.05) is 184 Å². The molecule has 0 radical (unpaired) electrons. The molecule has 0 aliphatic heterocycles. The van der Waals surface area contributed by atoms with Crippen LogP contribution in [0.5, 0.6) is 0 Å². The molecule has 0 atom stereocenters. The van der Waals surface area contributed by atoms with Crippen molar-refractivity contribution in [1.82, 2.24) is 0 Å². The van der Waals surface area contributed by atoms with Gasteiger partial charge in [0.2, 0.25) is 0 Å². The summed E-state index contributed by atoms with van der Waals surface area (Å²) < 4.78 is 0. The fourth-order valence-corrected chi connectivity index (χ4v) is 10.3. The molecule has 11 aromatic carbocycles. The molecule has 11 aromatic rings. The molecule has 60 heavy (non-hydrogen) atoms. The standard InChI is InChI=1S/C59H41N/c1-59(2)56-35-40(54-34-39-18-6-7-19-43(39)45-21-8-12-25-49(45)54)28-31-52(56)53-33-30-42(37-57(53)59)60(58-27-15-14-20-44(58)38-16-4-3-5-17-38)41-29-32-51-48-24-10-9-22-46(48)47-23-11-13-26-50(47)55(51)36-41/h3-37H,1-2H3. The van der Waals surface area contributed by atoms with Gasteiger partial charge >= 0.3 is 0 Å². The zero-order valence-electron chi connectivity index (χ0n) is 33.7. The summed E-state index contributed by atoms with van der Waals surface area (Å²) in [7, 11) is 0. The van der Waals surface area contributed by atoms with E-state index in [2.05, 4.69) is 231 Å². The number of nitrogens with zero attached hydrogens (tertiary/aromatic N) is 1. The monoisotopic (exact) mass is 763 g/mol. The summed E-state index contributed by atoms with van der Waals surface area (Å²) in [5, 5.41) is 12.8. The predicted octanol–water partition coefficient (Wildman–Crippen LogP) is 16.6. The van der Waals surface area contributed by atoms with Gasteiger partial charge in [0, 0.05) is 22.4 Å². The lowest BCUT2D eigenvalue weighted by atomic mass is 9.81. The normalized spacial score (nSPS) is 13.0. The number of anilines is 3. The number of para-hydroxylation sites is 1. The van der Waals surface area contributed by atoms with E-state index >= 15 is 0 Å². The molecule has 0 spiro atoms. The van der Waals surface area contributed by atoms with Crippen LogP contribution in [0.2, 0.25) is 0 Å². The van der Waals surface area contributed by atoms with Crippen molar-refractivity contribution in [3.63, 3.8) is 0 Å². The van der Waals surface area contributed by atoms with E-state index < -0.39 is 0 Å². The van der Waals surface area contributed by atoms with Crippen LogP contribution in [-0.2, 0) is 5.41 Å². The molecule has 0 amide bonds. The highest BCUT2D eigenvalue weighted by molar-refractivity contribution is 6.26. The fraction of sp³-hybridized carbons (Fsp3) is 0.0508. The Balaban J connectivity index is 1.05. The second-order valence-electron chi connectivity index (χ2n) is 16.8. The minimum atomic E-state index is -0.230. The van der Waals surface area contributed by atoms with Crippen molar-refractivity contribution < 1.29 is 0 Å². The maximum Gasteiger partial charge on any atom is 0.0540 e. The van der Waals surface area contributed by atoms with Crippen LogP contribution in [0.25, 0.3) is 87.2 Å². The Bertz CT molecular complexity index is 3490. The predicted molar refractivity (Wildman–Crippen MR) is 257 cm³/mol. The number of rotatable bonds is 5. The van der Waals surface area contributed by atoms with Gasteiger partial charge in [0.15, 0.2) is 0 Å². The summed E-state index contributed by atoms with van der Waals surface area (Å²) in [5.41, 5.74) is 13.4. The van der Waals surface area contributed by atoms with Crippen LogP contribution < -0.4 is 4.90 Å². The Labute approximate surface area is 350 Å². The average molecular weight is 764 g/mol. The third-order valence-electron chi connectivity index (χ3n) is 13.2. The molecule has 0 aromatic heterocycles. The first-order chi connectivity index (χ1) is 29.5. The smallest absolute Gasteiger partial charge is 0.0540 e. The minimum absolute atomic E-state index is 0.230. The second-order valence-corrected chi connectivity index (χ2v) is 16.8. The van der Waals surface area contributed by atoms with Crippen molar-refractivity contribution in [1.29, 1.82) is 0 Å². The first-order valence-electron chi connectivity index (χ1n) is 21.0. The Morgan fingerprint density at radius 1 is 0.300 bits per heavy atom. The summed E-state index contributed by atoms with van der Waals surface area (Å²) in [4.78, 5) is 2.48. The van der Waals surface area contributed by atoms with E-state index in [1.54, 1.807) is 0 Å². The zero-order valence-corrected chi connectivity index (χ0v) is 33.7. The maximum atomic E-state index is 2.48. The lowest BCUT2D eigenvalue weighted by Gasteiger charge is -2.30. The summed E-state index contributed by atoms with van der Waals surface area (Å²) in [6.45, 7) is 4.80. The van der Waals surface area contributed by atoms with Crippen LogP contribution in [0.15, 0.2) is 212 Å². The molecule has 1 nitrogen and oxygen atoms in total. The van der Waals surface area contributed by atoms with Gasteiger partial charge in [-0.05, 0) is 135 Å². The molecular weight excluding hydrogens is 723 g/mol. The van der Waals surface area contributed by atoms with Gasteiger partial charge in [-0.2, -0.15) is 0 Å². The van der Waals surface area contributed by atoms with E-state index in [1.165, 1.54) is 98.4 Å². The van der Waals surface area contributed by atoms with E-state index in [9.17, 15) is 0 Å². The summed E-state index contributed by atoms with van der Waals surface area (Å²) in [6.07, 6.45) is 0. The van der Waals surface area contributed by atoms with Crippen LogP contribution in [-0.4, -0.2) is 0 Å². The summed E-state index contributed by atoms with van der Waals surface area (Å²) in [6, 6.07) is 78.7. The van der Waals surface area contributed by atoms with E-state index in [0.717, 1.165) is 17.1 Å². The van der Waals surface area contributed by atoms with Crippen molar-refractivity contribution in [3.05, 3.63) is 223 Å². The highest BCUT2D eigenvalue weighted by atomic mass is 15.1. The topological polar surface area (TPSA) is 3.24 Å². The zero-order chi connectivity index (χ0) is 40.0. The molecule has 1 aliphatic carbocycles. The molecule has 0 unspecified atom stereocenters. The van der Waals surface area contributed by atoms with Gasteiger partial charge in [0.1, 0.15) is 0 Å². The number of hydrogen-bond donors (Lipinski definition) is 0. The minimum Gasteiger partial charge on any atom is -0.310 e. The number of hydrogen-bond acceptors (Lipinski definition) is 1. The maximum absolute atomic E-state index is 2.48. The second kappa shape index (κ2) is 13.3. The third kappa shape index (κ3) is 5.19. The van der Waals surface area contributed by atoms with Crippen molar-refractivity contribution in [2.45, 2.75) is 19.3 Å². The lowest BCUT2D eigenvalue weighted by molar-refractivity contribution is 0.660.